The van der Waals surface area contributed by atoms with E-state index in [4.69, 9.17) is 4.74 Å². The lowest BCUT2D eigenvalue weighted by Crippen LogP contribution is -2.50. The van der Waals surface area contributed by atoms with E-state index in [9.17, 15) is 23.3 Å². The molecule has 0 unspecified atom stereocenters. The molecule has 0 aromatic heterocycles. The third kappa shape index (κ3) is 5.46. The molecule has 1 saturated heterocycles. The number of nitro groups is 1. The van der Waals surface area contributed by atoms with Gasteiger partial charge in [0.2, 0.25) is 15.9 Å². The van der Waals surface area contributed by atoms with E-state index < -0.39 is 14.9 Å². The Morgan fingerprint density at radius 1 is 1.17 bits per heavy atom. The van der Waals surface area contributed by atoms with Crippen molar-refractivity contribution < 1.29 is 22.9 Å². The Balaban J connectivity index is 2.17. The summed E-state index contributed by atoms with van der Waals surface area (Å²) in [6.45, 7) is 8.22. The summed E-state index contributed by atoms with van der Waals surface area (Å²) in [5.74, 6) is -0.0988. The van der Waals surface area contributed by atoms with Crippen molar-refractivity contribution in [1.82, 2.24) is 9.21 Å². The molecule has 168 valence electrons. The van der Waals surface area contributed by atoms with Crippen LogP contribution in [0.4, 0.5) is 11.4 Å². The van der Waals surface area contributed by atoms with Crippen LogP contribution in [0.1, 0.15) is 27.2 Å². The predicted molar refractivity (Wildman–Crippen MR) is 113 cm³/mol. The highest BCUT2D eigenvalue weighted by Crippen LogP contribution is 2.32. The van der Waals surface area contributed by atoms with Gasteiger partial charge in [-0.05, 0) is 18.6 Å². The summed E-state index contributed by atoms with van der Waals surface area (Å²) in [5, 5.41) is 11.7. The number of benzene rings is 1. The summed E-state index contributed by atoms with van der Waals surface area (Å²) >= 11 is 0. The van der Waals surface area contributed by atoms with Gasteiger partial charge in [0, 0.05) is 51.9 Å². The molecule has 1 heterocycles. The van der Waals surface area contributed by atoms with Crippen molar-refractivity contribution in [3.05, 3.63) is 28.3 Å². The van der Waals surface area contributed by atoms with Crippen LogP contribution in [0.2, 0.25) is 0 Å². The van der Waals surface area contributed by atoms with E-state index >= 15 is 0 Å². The summed E-state index contributed by atoms with van der Waals surface area (Å²) < 4.78 is 32.0. The Morgan fingerprint density at radius 2 is 1.80 bits per heavy atom. The zero-order valence-electron chi connectivity index (χ0n) is 17.7. The van der Waals surface area contributed by atoms with Crippen LogP contribution in [0.25, 0.3) is 0 Å². The SMILES string of the molecule is CCCOCC(=O)N1CCN(c2ccc(S(=O)(=O)N(CC)CC)cc2[N+](=O)[O-])CC1. The number of carbonyl (C=O) groups is 1. The first-order valence-corrected chi connectivity index (χ1v) is 11.6. The molecule has 1 aliphatic rings. The fourth-order valence-electron chi connectivity index (χ4n) is 3.38. The van der Waals surface area contributed by atoms with Crippen LogP contribution in [0.15, 0.2) is 23.1 Å². The molecule has 10 nitrogen and oxygen atoms in total. The third-order valence-electron chi connectivity index (χ3n) is 5.03. The number of hydrogen-bond donors (Lipinski definition) is 0. The molecule has 2 rings (SSSR count). The normalized spacial score (nSPS) is 14.9. The summed E-state index contributed by atoms with van der Waals surface area (Å²) in [7, 11) is -3.79. The molecule has 1 fully saturated rings. The Hall–Kier alpha value is -2.24. The molecule has 0 spiro atoms. The van der Waals surface area contributed by atoms with Gasteiger partial charge < -0.3 is 14.5 Å². The first-order valence-electron chi connectivity index (χ1n) is 10.1. The van der Waals surface area contributed by atoms with Crippen LogP contribution >= 0.6 is 0 Å². The Kier molecular flexibility index (Phi) is 8.56. The lowest BCUT2D eigenvalue weighted by molar-refractivity contribution is -0.384. The van der Waals surface area contributed by atoms with E-state index in [-0.39, 0.29) is 36.2 Å². The number of hydrogen-bond acceptors (Lipinski definition) is 7. The molecule has 1 amide bonds. The lowest BCUT2D eigenvalue weighted by atomic mass is 10.2. The van der Waals surface area contributed by atoms with Crippen LogP contribution in [-0.4, -0.2) is 80.9 Å². The molecular weight excluding hydrogens is 412 g/mol. The van der Waals surface area contributed by atoms with E-state index in [2.05, 4.69) is 0 Å². The van der Waals surface area contributed by atoms with Crippen LogP contribution in [0, 0.1) is 10.1 Å². The molecule has 1 aromatic carbocycles. The number of piperazine rings is 1. The molecule has 0 saturated carbocycles. The van der Waals surface area contributed by atoms with Crippen molar-refractivity contribution in [2.45, 2.75) is 32.1 Å². The monoisotopic (exact) mass is 442 g/mol. The summed E-state index contributed by atoms with van der Waals surface area (Å²) in [6, 6.07) is 4.02. The maximum absolute atomic E-state index is 12.7. The minimum atomic E-state index is -3.79. The maximum Gasteiger partial charge on any atom is 0.293 e. The quantitative estimate of drug-likeness (QED) is 0.308. The largest absolute Gasteiger partial charge is 0.372 e. The van der Waals surface area contributed by atoms with Crippen LogP contribution in [0.3, 0.4) is 0 Å². The van der Waals surface area contributed by atoms with Crippen LogP contribution < -0.4 is 4.90 Å². The van der Waals surface area contributed by atoms with Gasteiger partial charge in [-0.1, -0.05) is 20.8 Å². The average Bonchev–Trinajstić information content (AvgIpc) is 2.74. The van der Waals surface area contributed by atoms with E-state index in [1.54, 1.807) is 18.7 Å². The standard InChI is InChI=1S/C19H30N4O6S/c1-4-13-29-15-19(24)21-11-9-20(10-12-21)17-8-7-16(14-18(17)23(25)26)30(27,28)22(5-2)6-3/h7-8,14H,4-6,9-13,15H2,1-3H3. The molecule has 0 aliphatic carbocycles. The smallest absolute Gasteiger partial charge is 0.293 e. The van der Waals surface area contributed by atoms with Gasteiger partial charge >= 0.3 is 0 Å². The van der Waals surface area contributed by atoms with Crippen molar-refractivity contribution in [3.8, 4) is 0 Å². The van der Waals surface area contributed by atoms with Gasteiger partial charge in [0.05, 0.1) is 9.82 Å². The lowest BCUT2D eigenvalue weighted by Gasteiger charge is -2.35. The molecule has 1 aliphatic heterocycles. The highest BCUT2D eigenvalue weighted by molar-refractivity contribution is 7.89. The first-order chi connectivity index (χ1) is 14.3. The second-order valence-corrected chi connectivity index (χ2v) is 8.86. The van der Waals surface area contributed by atoms with Gasteiger partial charge in [-0.15, -0.1) is 0 Å². The molecule has 0 atom stereocenters. The minimum Gasteiger partial charge on any atom is -0.372 e. The number of amides is 1. The maximum atomic E-state index is 12.7. The van der Waals surface area contributed by atoms with E-state index in [0.29, 0.717) is 38.5 Å². The number of nitrogens with zero attached hydrogens (tertiary/aromatic N) is 4. The fraction of sp³-hybridized carbons (Fsp3) is 0.632. The number of ether oxygens (including phenoxy) is 1. The number of anilines is 1. The summed E-state index contributed by atoms with van der Waals surface area (Å²) in [5.41, 5.74) is 0.0992. The zero-order valence-corrected chi connectivity index (χ0v) is 18.6. The van der Waals surface area contributed by atoms with Gasteiger partial charge in [-0.25, -0.2) is 8.42 Å². The first kappa shape index (κ1) is 24.0. The number of sulfonamides is 1. The number of nitro benzene ring substituents is 1. The third-order valence-corrected chi connectivity index (χ3v) is 7.08. The Bertz CT molecular complexity index is 849. The summed E-state index contributed by atoms with van der Waals surface area (Å²) in [6.07, 6.45) is 0.838. The molecule has 1 aromatic rings. The van der Waals surface area contributed by atoms with E-state index in [1.807, 2.05) is 11.8 Å². The second kappa shape index (κ2) is 10.7. The van der Waals surface area contributed by atoms with Crippen molar-refractivity contribution in [1.29, 1.82) is 0 Å². The highest BCUT2D eigenvalue weighted by atomic mass is 32.2. The van der Waals surface area contributed by atoms with Crippen LogP contribution in [0.5, 0.6) is 0 Å². The molecule has 11 heteroatoms. The second-order valence-electron chi connectivity index (χ2n) is 6.92. The van der Waals surface area contributed by atoms with Crippen LogP contribution in [-0.2, 0) is 19.6 Å². The predicted octanol–water partition coefficient (Wildman–Crippen LogP) is 1.70. The molecule has 0 radical (unpaired) electrons. The van der Waals surface area contributed by atoms with Crippen molar-refractivity contribution in [2.75, 3.05) is 57.4 Å². The van der Waals surface area contributed by atoms with Gasteiger partial charge in [0.1, 0.15) is 12.3 Å². The molecular formula is C19H30N4O6S. The van der Waals surface area contributed by atoms with Gasteiger partial charge in [0.25, 0.3) is 5.69 Å². The average molecular weight is 443 g/mol. The number of rotatable bonds is 10. The molecule has 0 bridgehead atoms. The van der Waals surface area contributed by atoms with Crippen molar-refractivity contribution in [2.24, 2.45) is 0 Å². The Labute approximate surface area is 177 Å². The fourth-order valence-corrected chi connectivity index (χ4v) is 4.86. The minimum absolute atomic E-state index is 0.0336. The van der Waals surface area contributed by atoms with Gasteiger partial charge in [0.15, 0.2) is 0 Å². The van der Waals surface area contributed by atoms with E-state index in [0.717, 1.165) is 12.5 Å². The Morgan fingerprint density at radius 3 is 2.33 bits per heavy atom. The molecule has 0 N–H and O–H groups in total. The van der Waals surface area contributed by atoms with Crippen molar-refractivity contribution >= 4 is 27.3 Å². The van der Waals surface area contributed by atoms with Crippen molar-refractivity contribution in [3.63, 3.8) is 0 Å². The summed E-state index contributed by atoms with van der Waals surface area (Å²) in [4.78, 5) is 26.7. The molecule has 30 heavy (non-hydrogen) atoms. The topological polar surface area (TPSA) is 113 Å². The van der Waals surface area contributed by atoms with Gasteiger partial charge in [-0.2, -0.15) is 4.31 Å². The van der Waals surface area contributed by atoms with E-state index in [1.165, 1.54) is 16.4 Å². The zero-order chi connectivity index (χ0) is 22.3. The number of carbonyl (C=O) groups excluding carboxylic acids is 1. The van der Waals surface area contributed by atoms with Gasteiger partial charge in [-0.3, -0.25) is 14.9 Å². The highest BCUT2D eigenvalue weighted by Gasteiger charge is 2.29.